The number of alkyl halides is 1. The Labute approximate surface area is 192 Å². The molecule has 1 saturated heterocycles. The van der Waals surface area contributed by atoms with Gasteiger partial charge in [0.2, 0.25) is 11.8 Å². The highest BCUT2D eigenvalue weighted by atomic mass is 79.9. The molecule has 1 fully saturated rings. The number of nitrogens with zero attached hydrogens (tertiary/aromatic N) is 2. The van der Waals surface area contributed by atoms with Gasteiger partial charge in [-0.1, -0.05) is 54.4 Å². The van der Waals surface area contributed by atoms with Gasteiger partial charge >= 0.3 is 0 Å². The van der Waals surface area contributed by atoms with E-state index < -0.39 is 5.41 Å². The summed E-state index contributed by atoms with van der Waals surface area (Å²) in [7, 11) is 3.52. The molecule has 8 heteroatoms. The number of carbonyl (C=O) groups is 2. The molecule has 2 N–H and O–H groups in total. The number of aliphatic imine (C=N–C) groups is 1. The summed E-state index contributed by atoms with van der Waals surface area (Å²) in [6.07, 6.45) is 3.06. The van der Waals surface area contributed by atoms with E-state index in [1.807, 2.05) is 18.3 Å². The molecule has 6 nitrogen and oxygen atoms in total. The molecule has 2 heterocycles. The SMILES string of the molecule is CN(C)C(=O)[C@H]1C[C@H](/C=N/CBr)[C@@]2(C(=O)Nc3cc(Cl)ccc32)[C@@H](CC(C)(C)C)N1. The molecule has 0 saturated carbocycles. The molecule has 3 rings (SSSR count). The van der Waals surface area contributed by atoms with E-state index in [4.69, 9.17) is 11.6 Å². The molecular weight excluding hydrogens is 468 g/mol. The first-order valence-corrected chi connectivity index (χ1v) is 11.6. The Morgan fingerprint density at radius 3 is 2.70 bits per heavy atom. The maximum Gasteiger partial charge on any atom is 0.239 e. The highest BCUT2D eigenvalue weighted by molar-refractivity contribution is 9.09. The largest absolute Gasteiger partial charge is 0.347 e. The fraction of sp³-hybridized carbons (Fsp3) is 0.591. The number of rotatable bonds is 4. The molecule has 1 aromatic rings. The fourth-order valence-corrected chi connectivity index (χ4v) is 5.18. The van der Waals surface area contributed by atoms with Crippen LogP contribution in [-0.4, -0.2) is 54.6 Å². The molecule has 2 aliphatic rings. The van der Waals surface area contributed by atoms with E-state index in [0.29, 0.717) is 16.9 Å². The predicted octanol–water partition coefficient (Wildman–Crippen LogP) is 3.82. The van der Waals surface area contributed by atoms with Crippen molar-refractivity contribution in [3.63, 3.8) is 0 Å². The van der Waals surface area contributed by atoms with Gasteiger partial charge in [0.25, 0.3) is 0 Å². The number of amides is 2. The molecule has 164 valence electrons. The van der Waals surface area contributed by atoms with Gasteiger partial charge in [-0.15, -0.1) is 0 Å². The number of nitrogens with one attached hydrogen (secondary N) is 2. The Morgan fingerprint density at radius 1 is 1.40 bits per heavy atom. The molecule has 0 aliphatic carbocycles. The second-order valence-electron chi connectivity index (χ2n) is 9.58. The molecule has 1 aromatic carbocycles. The maximum absolute atomic E-state index is 13.6. The summed E-state index contributed by atoms with van der Waals surface area (Å²) >= 11 is 9.57. The lowest BCUT2D eigenvalue weighted by Gasteiger charge is -2.49. The second kappa shape index (κ2) is 8.60. The van der Waals surface area contributed by atoms with E-state index >= 15 is 0 Å². The van der Waals surface area contributed by atoms with Crippen molar-refractivity contribution < 1.29 is 9.59 Å². The van der Waals surface area contributed by atoms with Crippen LogP contribution in [0.15, 0.2) is 23.2 Å². The van der Waals surface area contributed by atoms with Crippen molar-refractivity contribution in [2.75, 3.05) is 24.9 Å². The van der Waals surface area contributed by atoms with Gasteiger partial charge in [-0.05, 0) is 36.0 Å². The first kappa shape index (κ1) is 23.2. The summed E-state index contributed by atoms with van der Waals surface area (Å²) in [5.41, 5.74) is 1.18. The monoisotopic (exact) mass is 496 g/mol. The minimum atomic E-state index is -0.859. The highest BCUT2D eigenvalue weighted by Gasteiger charge is 2.60. The third-order valence-electron chi connectivity index (χ3n) is 5.99. The number of anilines is 1. The first-order valence-electron chi connectivity index (χ1n) is 10.1. The zero-order chi connectivity index (χ0) is 22.3. The zero-order valence-electron chi connectivity index (χ0n) is 18.1. The van der Waals surface area contributed by atoms with Crippen LogP contribution in [0.5, 0.6) is 0 Å². The van der Waals surface area contributed by atoms with Gasteiger partial charge in [-0.25, -0.2) is 0 Å². The number of benzene rings is 1. The van der Waals surface area contributed by atoms with E-state index in [0.717, 1.165) is 17.7 Å². The minimum Gasteiger partial charge on any atom is -0.347 e. The van der Waals surface area contributed by atoms with Gasteiger partial charge < -0.3 is 15.5 Å². The Hall–Kier alpha value is -1.44. The number of halogens is 2. The van der Waals surface area contributed by atoms with Crippen LogP contribution in [0, 0.1) is 11.3 Å². The number of fused-ring (bicyclic) bond motifs is 2. The summed E-state index contributed by atoms with van der Waals surface area (Å²) in [6, 6.07) is 4.94. The zero-order valence-corrected chi connectivity index (χ0v) is 20.5. The standard InChI is InChI=1S/C22H30BrClN4O2/c1-21(2,3)10-18-22(15-7-6-14(24)9-16(15)27-20(22)30)13(11-25-12-23)8-17(26-18)19(29)28(4)5/h6-7,9,11,13,17-18,26H,8,10,12H2,1-5H3,(H,27,30)/b25-11+/t13-,17-,18-,22+/m1/s1. The Bertz CT molecular complexity index is 867. The third-order valence-corrected chi connectivity index (χ3v) is 6.51. The summed E-state index contributed by atoms with van der Waals surface area (Å²) < 4.78 is 0. The van der Waals surface area contributed by atoms with Crippen LogP contribution in [0.25, 0.3) is 0 Å². The van der Waals surface area contributed by atoms with Crippen LogP contribution in [0.3, 0.4) is 0 Å². The smallest absolute Gasteiger partial charge is 0.239 e. The van der Waals surface area contributed by atoms with Crippen molar-refractivity contribution >= 4 is 51.2 Å². The predicted molar refractivity (Wildman–Crippen MR) is 126 cm³/mol. The van der Waals surface area contributed by atoms with Gasteiger partial charge in [0, 0.05) is 43.0 Å². The molecule has 0 radical (unpaired) electrons. The van der Waals surface area contributed by atoms with Crippen LogP contribution < -0.4 is 10.6 Å². The van der Waals surface area contributed by atoms with Crippen LogP contribution in [0.1, 0.15) is 39.2 Å². The van der Waals surface area contributed by atoms with E-state index in [9.17, 15) is 9.59 Å². The minimum absolute atomic E-state index is 0.00994. The summed E-state index contributed by atoms with van der Waals surface area (Å²) in [5, 5.41) is 7.19. The number of carbonyl (C=O) groups excluding carboxylic acids is 2. The van der Waals surface area contributed by atoms with Gasteiger partial charge in [0.15, 0.2) is 0 Å². The molecule has 30 heavy (non-hydrogen) atoms. The van der Waals surface area contributed by atoms with Crippen molar-refractivity contribution in [3.8, 4) is 0 Å². The average molecular weight is 498 g/mol. The second-order valence-corrected chi connectivity index (χ2v) is 10.5. The van der Waals surface area contributed by atoms with Crippen molar-refractivity contribution in [1.29, 1.82) is 0 Å². The van der Waals surface area contributed by atoms with Crippen molar-refractivity contribution in [2.24, 2.45) is 16.3 Å². The lowest BCUT2D eigenvalue weighted by Crippen LogP contribution is -2.67. The molecule has 0 bridgehead atoms. The fourth-order valence-electron chi connectivity index (χ4n) is 4.84. The number of piperidine rings is 1. The molecule has 1 spiro atoms. The van der Waals surface area contributed by atoms with Crippen molar-refractivity contribution in [2.45, 2.75) is 51.1 Å². The summed E-state index contributed by atoms with van der Waals surface area (Å²) in [4.78, 5) is 32.6. The van der Waals surface area contributed by atoms with Crippen LogP contribution in [-0.2, 0) is 15.0 Å². The van der Waals surface area contributed by atoms with Crippen molar-refractivity contribution in [3.05, 3.63) is 28.8 Å². The summed E-state index contributed by atoms with van der Waals surface area (Å²) in [5.74, 6) is -0.293. The number of hydrogen-bond acceptors (Lipinski definition) is 4. The normalized spacial score (nSPS) is 28.6. The molecular formula is C22H30BrClN4O2. The maximum atomic E-state index is 13.6. The number of hydrogen-bond donors (Lipinski definition) is 2. The molecule has 2 amide bonds. The van der Waals surface area contributed by atoms with E-state index in [1.54, 1.807) is 25.1 Å². The van der Waals surface area contributed by atoms with E-state index in [-0.39, 0.29) is 35.2 Å². The average Bonchev–Trinajstić information content (AvgIpc) is 2.92. The van der Waals surface area contributed by atoms with Gasteiger partial charge in [0.1, 0.15) is 0 Å². The molecule has 0 unspecified atom stereocenters. The highest BCUT2D eigenvalue weighted by Crippen LogP contribution is 2.51. The van der Waals surface area contributed by atoms with Gasteiger partial charge in [-0.3, -0.25) is 14.6 Å². The Morgan fingerprint density at radius 2 is 2.10 bits per heavy atom. The molecule has 4 atom stereocenters. The lowest BCUT2D eigenvalue weighted by molar-refractivity contribution is -0.135. The van der Waals surface area contributed by atoms with Gasteiger partial charge in [0.05, 0.1) is 16.9 Å². The van der Waals surface area contributed by atoms with Crippen LogP contribution in [0.4, 0.5) is 5.69 Å². The van der Waals surface area contributed by atoms with Crippen molar-refractivity contribution in [1.82, 2.24) is 10.2 Å². The third kappa shape index (κ3) is 4.16. The molecule has 2 aliphatic heterocycles. The van der Waals surface area contributed by atoms with Gasteiger partial charge in [-0.2, -0.15) is 0 Å². The van der Waals surface area contributed by atoms with E-state index in [2.05, 4.69) is 52.3 Å². The van der Waals surface area contributed by atoms with Crippen LogP contribution >= 0.6 is 27.5 Å². The first-order chi connectivity index (χ1) is 14.0. The Balaban J connectivity index is 2.19. The molecule has 0 aromatic heterocycles. The topological polar surface area (TPSA) is 73.8 Å². The van der Waals surface area contributed by atoms with Crippen LogP contribution in [0.2, 0.25) is 5.02 Å². The van der Waals surface area contributed by atoms with E-state index in [1.165, 1.54) is 0 Å². The quantitative estimate of drug-likeness (QED) is 0.377. The lowest BCUT2D eigenvalue weighted by atomic mass is 9.59. The Kier molecular flexibility index (Phi) is 6.65. The number of likely N-dealkylation sites (N-methyl/N-ethyl adjacent to an activating group) is 1. The summed E-state index contributed by atoms with van der Waals surface area (Å²) in [6.45, 7) is 6.45.